The molecule has 9 heteroatoms. The van der Waals surface area contributed by atoms with Crippen LogP contribution < -0.4 is 5.32 Å². The maximum Gasteiger partial charge on any atom is 0.410 e. The molecule has 0 aliphatic carbocycles. The number of rotatable bonds is 2. The number of amides is 1. The lowest BCUT2D eigenvalue weighted by atomic mass is 10.2. The summed E-state index contributed by atoms with van der Waals surface area (Å²) in [5.74, 6) is 0.938. The van der Waals surface area contributed by atoms with Crippen LogP contribution in [0.1, 0.15) is 25.6 Å². The highest BCUT2D eigenvalue weighted by molar-refractivity contribution is 14.0. The highest BCUT2D eigenvalue weighted by atomic mass is 127. The summed E-state index contributed by atoms with van der Waals surface area (Å²) in [6.07, 6.45) is -0.230. The predicted molar refractivity (Wildman–Crippen MR) is 115 cm³/mol. The van der Waals surface area contributed by atoms with E-state index in [1.807, 2.05) is 20.8 Å². The van der Waals surface area contributed by atoms with E-state index in [1.54, 1.807) is 16.2 Å². The second-order valence-corrected chi connectivity index (χ2v) is 9.54. The smallest absolute Gasteiger partial charge is 0.410 e. The van der Waals surface area contributed by atoms with Gasteiger partial charge in [-0.1, -0.05) is 0 Å². The van der Waals surface area contributed by atoms with Gasteiger partial charge in [0.1, 0.15) is 5.60 Å². The first-order valence-corrected chi connectivity index (χ1v) is 9.70. The molecule has 1 saturated heterocycles. The summed E-state index contributed by atoms with van der Waals surface area (Å²) in [6, 6.07) is 4.40. The zero-order valence-corrected chi connectivity index (χ0v) is 19.4. The number of hydrogen-bond donors (Lipinski definition) is 1. The van der Waals surface area contributed by atoms with Crippen LogP contribution in [-0.2, 0) is 11.3 Å². The second-order valence-electron chi connectivity index (χ2n) is 7.00. The molecule has 1 amide bonds. The van der Waals surface area contributed by atoms with Crippen LogP contribution in [0.15, 0.2) is 20.9 Å². The summed E-state index contributed by atoms with van der Waals surface area (Å²) < 4.78 is 6.61. The molecule has 0 radical (unpaired) electrons. The quantitative estimate of drug-likeness (QED) is 0.581. The first kappa shape index (κ1) is 20.8. The Hall–Kier alpha value is -0.550. The van der Waals surface area contributed by atoms with Crippen LogP contribution in [0.25, 0.3) is 0 Å². The zero-order valence-electron chi connectivity index (χ0n) is 14.6. The van der Waals surface area contributed by atoms with Crippen molar-refractivity contribution in [2.24, 2.45) is 4.99 Å². The van der Waals surface area contributed by atoms with Crippen molar-refractivity contribution < 1.29 is 9.53 Å². The molecule has 2 aliphatic heterocycles. The molecule has 0 spiro atoms. The predicted octanol–water partition coefficient (Wildman–Crippen LogP) is 3.51. The molecule has 140 valence electrons. The highest BCUT2D eigenvalue weighted by Crippen LogP contribution is 2.23. The number of nitrogens with one attached hydrogen (secondary N) is 1. The van der Waals surface area contributed by atoms with E-state index in [1.165, 1.54) is 4.88 Å². The number of aliphatic imine (C=N–C) groups is 1. The summed E-state index contributed by atoms with van der Waals surface area (Å²) in [7, 11) is 0. The van der Waals surface area contributed by atoms with E-state index in [4.69, 9.17) is 4.74 Å². The molecular weight excluding hydrogens is 519 g/mol. The molecule has 0 bridgehead atoms. The van der Waals surface area contributed by atoms with Gasteiger partial charge in [0.15, 0.2) is 5.96 Å². The van der Waals surface area contributed by atoms with Crippen LogP contribution in [0.5, 0.6) is 0 Å². The average Bonchev–Trinajstić information content (AvgIpc) is 3.08. The normalized spacial score (nSPS) is 19.8. The van der Waals surface area contributed by atoms with E-state index in [0.29, 0.717) is 13.1 Å². The van der Waals surface area contributed by atoms with Gasteiger partial charge in [-0.3, -0.25) is 4.99 Å². The summed E-state index contributed by atoms with van der Waals surface area (Å²) in [6.45, 7) is 9.28. The summed E-state index contributed by atoms with van der Waals surface area (Å²) in [5.41, 5.74) is -0.456. The van der Waals surface area contributed by atoms with Gasteiger partial charge >= 0.3 is 6.09 Å². The molecule has 6 nitrogen and oxygen atoms in total. The number of fused-ring (bicyclic) bond motifs is 1. The summed E-state index contributed by atoms with van der Waals surface area (Å²) in [4.78, 5) is 22.2. The largest absolute Gasteiger partial charge is 0.444 e. The fraction of sp³-hybridized carbons (Fsp3) is 0.625. The van der Waals surface area contributed by atoms with Crippen LogP contribution in [0, 0.1) is 0 Å². The van der Waals surface area contributed by atoms with Crippen molar-refractivity contribution in [3.63, 3.8) is 0 Å². The number of halogens is 2. The Bertz CT molecular complexity index is 646. The van der Waals surface area contributed by atoms with Gasteiger partial charge in [0.05, 0.1) is 22.9 Å². The first-order valence-electron chi connectivity index (χ1n) is 8.09. The Morgan fingerprint density at radius 2 is 2.20 bits per heavy atom. The Kier molecular flexibility index (Phi) is 7.00. The number of carbonyl (C=O) groups excluding carboxylic acids is 1. The number of piperazine rings is 1. The fourth-order valence-electron chi connectivity index (χ4n) is 2.84. The SMILES string of the molecule is CC(C)(C)OC(=O)N1CCN2C(NCc3ccc(Br)s3)=NCC2C1.I. The third kappa shape index (κ3) is 5.46. The van der Waals surface area contributed by atoms with Gasteiger partial charge in [-0.05, 0) is 48.8 Å². The molecule has 1 atom stereocenters. The van der Waals surface area contributed by atoms with E-state index in [-0.39, 0.29) is 36.1 Å². The van der Waals surface area contributed by atoms with E-state index in [2.05, 4.69) is 43.3 Å². The minimum Gasteiger partial charge on any atom is -0.444 e. The van der Waals surface area contributed by atoms with E-state index in [0.717, 1.165) is 29.4 Å². The molecule has 25 heavy (non-hydrogen) atoms. The van der Waals surface area contributed by atoms with Crippen LogP contribution in [0.4, 0.5) is 4.79 Å². The maximum atomic E-state index is 12.2. The van der Waals surface area contributed by atoms with Gasteiger partial charge in [-0.25, -0.2) is 4.79 Å². The number of ether oxygens (including phenoxy) is 1. The van der Waals surface area contributed by atoms with Gasteiger partial charge in [-0.15, -0.1) is 35.3 Å². The van der Waals surface area contributed by atoms with Gasteiger partial charge in [0.25, 0.3) is 0 Å². The van der Waals surface area contributed by atoms with Crippen molar-refractivity contribution in [3.05, 3.63) is 20.8 Å². The first-order chi connectivity index (χ1) is 11.3. The standard InChI is InChI=1S/C16H23BrN4O2S.HI/c1-16(2,3)23-15(22)20-6-7-21-11(10-20)8-18-14(21)19-9-12-4-5-13(17)24-12;/h4-5,11H,6-10H2,1-3H3,(H,18,19);1H. The lowest BCUT2D eigenvalue weighted by Gasteiger charge is -2.39. The molecule has 0 aromatic carbocycles. The zero-order chi connectivity index (χ0) is 17.3. The van der Waals surface area contributed by atoms with Crippen LogP contribution in [0.3, 0.4) is 0 Å². The minimum atomic E-state index is -0.456. The molecule has 2 aliphatic rings. The van der Waals surface area contributed by atoms with Gasteiger partial charge in [-0.2, -0.15) is 0 Å². The minimum absolute atomic E-state index is 0. The van der Waals surface area contributed by atoms with E-state index < -0.39 is 5.60 Å². The number of hydrogen-bond acceptors (Lipinski definition) is 6. The van der Waals surface area contributed by atoms with E-state index in [9.17, 15) is 4.79 Å². The van der Waals surface area contributed by atoms with Crippen molar-refractivity contribution in [3.8, 4) is 0 Å². The molecule has 1 N–H and O–H groups in total. The molecule has 3 rings (SSSR count). The van der Waals surface area contributed by atoms with Crippen molar-refractivity contribution in [1.29, 1.82) is 0 Å². The Morgan fingerprint density at radius 3 is 2.84 bits per heavy atom. The Balaban J connectivity index is 0.00000225. The number of nitrogens with zero attached hydrogens (tertiary/aromatic N) is 3. The van der Waals surface area contributed by atoms with Gasteiger partial charge in [0, 0.05) is 24.5 Å². The molecule has 1 fully saturated rings. The van der Waals surface area contributed by atoms with Gasteiger partial charge in [0.2, 0.25) is 0 Å². The third-order valence-corrected chi connectivity index (χ3v) is 5.53. The lowest BCUT2D eigenvalue weighted by molar-refractivity contribution is 0.0137. The monoisotopic (exact) mass is 542 g/mol. The van der Waals surface area contributed by atoms with Crippen molar-refractivity contribution in [1.82, 2.24) is 15.1 Å². The molecule has 0 saturated carbocycles. The summed E-state index contributed by atoms with van der Waals surface area (Å²) >= 11 is 5.20. The van der Waals surface area contributed by atoms with Crippen molar-refractivity contribution in [2.45, 2.75) is 39.0 Å². The molecule has 3 heterocycles. The molecular formula is C16H24BrIN4O2S. The topological polar surface area (TPSA) is 57.2 Å². The molecule has 1 unspecified atom stereocenters. The Labute approximate surface area is 178 Å². The summed E-state index contributed by atoms with van der Waals surface area (Å²) in [5, 5.41) is 3.42. The van der Waals surface area contributed by atoms with Crippen LogP contribution in [-0.4, -0.2) is 59.7 Å². The number of guanidine groups is 1. The van der Waals surface area contributed by atoms with Crippen molar-refractivity contribution in [2.75, 3.05) is 26.2 Å². The molecule has 1 aromatic heterocycles. The van der Waals surface area contributed by atoms with Crippen molar-refractivity contribution >= 4 is 63.3 Å². The lowest BCUT2D eigenvalue weighted by Crippen LogP contribution is -2.57. The number of thiophene rings is 1. The highest BCUT2D eigenvalue weighted by Gasteiger charge is 2.36. The Morgan fingerprint density at radius 1 is 1.44 bits per heavy atom. The average molecular weight is 543 g/mol. The second kappa shape index (κ2) is 8.43. The molecule has 1 aromatic rings. The van der Waals surface area contributed by atoms with E-state index >= 15 is 0 Å². The maximum absolute atomic E-state index is 12.2. The van der Waals surface area contributed by atoms with Crippen LogP contribution >= 0.6 is 51.2 Å². The fourth-order valence-corrected chi connectivity index (χ4v) is 4.26. The third-order valence-electron chi connectivity index (χ3n) is 3.91. The van der Waals surface area contributed by atoms with Crippen LogP contribution in [0.2, 0.25) is 0 Å². The van der Waals surface area contributed by atoms with Gasteiger partial charge < -0.3 is 19.9 Å². The number of carbonyl (C=O) groups is 1.